The molecule has 0 amide bonds. The van der Waals surface area contributed by atoms with Crippen molar-refractivity contribution in [1.82, 2.24) is 14.8 Å². The highest BCUT2D eigenvalue weighted by molar-refractivity contribution is 7.98. The van der Waals surface area contributed by atoms with Crippen molar-refractivity contribution in [2.24, 2.45) is 7.05 Å². The van der Waals surface area contributed by atoms with E-state index < -0.39 is 0 Å². The number of aryl methyl sites for hydroxylation is 2. The van der Waals surface area contributed by atoms with Crippen LogP contribution in [-0.2, 0) is 12.8 Å². The zero-order valence-corrected chi connectivity index (χ0v) is 16.9. The number of thioether (sulfide) groups is 1. The van der Waals surface area contributed by atoms with E-state index in [-0.39, 0.29) is 6.10 Å². The number of aromatic nitrogens is 3. The summed E-state index contributed by atoms with van der Waals surface area (Å²) in [6.07, 6.45) is -0.250. The van der Waals surface area contributed by atoms with E-state index in [9.17, 15) is 0 Å². The third-order valence-electron chi connectivity index (χ3n) is 4.11. The fourth-order valence-corrected chi connectivity index (χ4v) is 3.62. The lowest BCUT2D eigenvalue weighted by molar-refractivity contribution is 0.211. The van der Waals surface area contributed by atoms with Gasteiger partial charge in [-0.25, -0.2) is 0 Å². The minimum atomic E-state index is -0.250. The first-order valence-corrected chi connectivity index (χ1v) is 9.81. The van der Waals surface area contributed by atoms with Gasteiger partial charge in [0.15, 0.2) is 17.1 Å². The number of hydrogen-bond donors (Lipinski definition) is 0. The Hall–Kier alpha value is -1.98. The molecule has 0 aliphatic rings. The van der Waals surface area contributed by atoms with Gasteiger partial charge in [-0.1, -0.05) is 59.3 Å². The first-order chi connectivity index (χ1) is 12.4. The molecule has 1 aromatic heterocycles. The van der Waals surface area contributed by atoms with Crippen molar-refractivity contribution in [2.75, 3.05) is 0 Å². The highest BCUT2D eigenvalue weighted by atomic mass is 35.5. The van der Waals surface area contributed by atoms with Crippen molar-refractivity contribution in [3.05, 3.63) is 70.0 Å². The molecule has 6 heteroatoms. The van der Waals surface area contributed by atoms with Gasteiger partial charge < -0.3 is 9.30 Å². The summed E-state index contributed by atoms with van der Waals surface area (Å²) in [5.74, 6) is 2.29. The van der Waals surface area contributed by atoms with Crippen LogP contribution in [-0.4, -0.2) is 14.8 Å². The van der Waals surface area contributed by atoms with Gasteiger partial charge in [0, 0.05) is 12.8 Å². The van der Waals surface area contributed by atoms with Gasteiger partial charge in [-0.05, 0) is 44.0 Å². The average molecular weight is 388 g/mol. The maximum atomic E-state index is 6.23. The number of halogens is 1. The molecule has 136 valence electrons. The second-order valence-electron chi connectivity index (χ2n) is 6.37. The summed E-state index contributed by atoms with van der Waals surface area (Å²) in [5, 5.41) is 10.1. The Kier molecular flexibility index (Phi) is 5.89. The third kappa shape index (κ3) is 4.40. The van der Waals surface area contributed by atoms with Crippen LogP contribution in [0.1, 0.15) is 35.5 Å². The molecule has 3 aromatic rings. The minimum Gasteiger partial charge on any atom is -0.481 e. The monoisotopic (exact) mass is 387 g/mol. The van der Waals surface area contributed by atoms with E-state index in [0.717, 1.165) is 22.3 Å². The summed E-state index contributed by atoms with van der Waals surface area (Å²) in [6.45, 7) is 6.06. The summed E-state index contributed by atoms with van der Waals surface area (Å²) >= 11 is 7.89. The zero-order chi connectivity index (χ0) is 18.7. The molecule has 0 saturated heterocycles. The fraction of sp³-hybridized carbons (Fsp3) is 0.300. The first-order valence-electron chi connectivity index (χ1n) is 8.44. The maximum absolute atomic E-state index is 6.23. The van der Waals surface area contributed by atoms with Crippen molar-refractivity contribution in [2.45, 2.75) is 37.8 Å². The second-order valence-corrected chi connectivity index (χ2v) is 7.72. The SMILES string of the molecule is Cc1ccc(CSc2nnc(C(C)Oc3cc(C)ccc3Cl)n2C)cc1. The summed E-state index contributed by atoms with van der Waals surface area (Å²) in [7, 11) is 1.96. The van der Waals surface area contributed by atoms with Crippen LogP contribution in [0.3, 0.4) is 0 Å². The molecule has 0 aliphatic carbocycles. The molecule has 4 nitrogen and oxygen atoms in total. The van der Waals surface area contributed by atoms with Crippen molar-refractivity contribution < 1.29 is 4.74 Å². The largest absolute Gasteiger partial charge is 0.481 e. The van der Waals surface area contributed by atoms with Gasteiger partial charge in [-0.3, -0.25) is 0 Å². The molecule has 0 N–H and O–H groups in total. The minimum absolute atomic E-state index is 0.250. The molecular formula is C20H22ClN3OS. The van der Waals surface area contributed by atoms with Crippen LogP contribution in [0.5, 0.6) is 5.75 Å². The Morgan fingerprint density at radius 1 is 1.08 bits per heavy atom. The number of rotatable bonds is 6. The summed E-state index contributed by atoms with van der Waals surface area (Å²) in [6, 6.07) is 14.3. The van der Waals surface area contributed by atoms with Gasteiger partial charge >= 0.3 is 0 Å². The second kappa shape index (κ2) is 8.14. The lowest BCUT2D eigenvalue weighted by Gasteiger charge is -2.15. The third-order valence-corrected chi connectivity index (χ3v) is 5.51. The lowest BCUT2D eigenvalue weighted by Crippen LogP contribution is -2.10. The molecule has 0 fully saturated rings. The van der Waals surface area contributed by atoms with E-state index in [4.69, 9.17) is 16.3 Å². The van der Waals surface area contributed by atoms with E-state index in [1.807, 2.05) is 43.7 Å². The van der Waals surface area contributed by atoms with E-state index in [0.29, 0.717) is 10.8 Å². The van der Waals surface area contributed by atoms with Gasteiger partial charge in [0.05, 0.1) is 5.02 Å². The number of nitrogens with zero attached hydrogens (tertiary/aromatic N) is 3. The average Bonchev–Trinajstić information content (AvgIpc) is 2.98. The molecular weight excluding hydrogens is 366 g/mol. The van der Waals surface area contributed by atoms with Crippen LogP contribution in [0.25, 0.3) is 0 Å². The van der Waals surface area contributed by atoms with Crippen LogP contribution in [0.2, 0.25) is 5.02 Å². The molecule has 0 radical (unpaired) electrons. The van der Waals surface area contributed by atoms with Gasteiger partial charge in [0.1, 0.15) is 5.75 Å². The first kappa shape index (κ1) is 18.8. The summed E-state index contributed by atoms with van der Waals surface area (Å²) in [4.78, 5) is 0. The van der Waals surface area contributed by atoms with Crippen molar-refractivity contribution >= 4 is 23.4 Å². The summed E-state index contributed by atoms with van der Waals surface area (Å²) < 4.78 is 8.00. The lowest BCUT2D eigenvalue weighted by atomic mass is 10.2. The normalized spacial score (nSPS) is 12.2. The Bertz CT molecular complexity index is 893. The van der Waals surface area contributed by atoms with Crippen LogP contribution >= 0.6 is 23.4 Å². The summed E-state index contributed by atoms with van der Waals surface area (Å²) in [5.41, 5.74) is 3.63. The van der Waals surface area contributed by atoms with Gasteiger partial charge in [-0.15, -0.1) is 10.2 Å². The molecule has 1 unspecified atom stereocenters. The Balaban J connectivity index is 1.69. The van der Waals surface area contributed by atoms with Gasteiger partial charge in [0.2, 0.25) is 0 Å². The van der Waals surface area contributed by atoms with Gasteiger partial charge in [0.25, 0.3) is 0 Å². The molecule has 1 atom stereocenters. The highest BCUT2D eigenvalue weighted by Crippen LogP contribution is 2.30. The molecule has 0 bridgehead atoms. The zero-order valence-electron chi connectivity index (χ0n) is 15.4. The van der Waals surface area contributed by atoms with E-state index >= 15 is 0 Å². The van der Waals surface area contributed by atoms with E-state index in [2.05, 4.69) is 41.4 Å². The number of hydrogen-bond acceptors (Lipinski definition) is 4. The molecule has 1 heterocycles. The number of benzene rings is 2. The van der Waals surface area contributed by atoms with Crippen LogP contribution in [0.4, 0.5) is 0 Å². The van der Waals surface area contributed by atoms with Crippen LogP contribution in [0.15, 0.2) is 47.6 Å². The van der Waals surface area contributed by atoms with Crippen molar-refractivity contribution in [3.8, 4) is 5.75 Å². The Labute approximate surface area is 163 Å². The predicted octanol–water partition coefficient (Wildman–Crippen LogP) is 5.52. The highest BCUT2D eigenvalue weighted by Gasteiger charge is 2.18. The molecule has 3 rings (SSSR count). The van der Waals surface area contributed by atoms with Gasteiger partial charge in [-0.2, -0.15) is 0 Å². The topological polar surface area (TPSA) is 39.9 Å². The van der Waals surface area contributed by atoms with Crippen LogP contribution in [0, 0.1) is 13.8 Å². The molecule has 26 heavy (non-hydrogen) atoms. The quantitative estimate of drug-likeness (QED) is 0.522. The smallest absolute Gasteiger partial charge is 0.191 e. The van der Waals surface area contributed by atoms with Crippen LogP contribution < -0.4 is 4.74 Å². The fourth-order valence-electron chi connectivity index (χ4n) is 2.58. The van der Waals surface area contributed by atoms with Crippen molar-refractivity contribution in [3.63, 3.8) is 0 Å². The number of ether oxygens (including phenoxy) is 1. The van der Waals surface area contributed by atoms with E-state index in [1.54, 1.807) is 11.8 Å². The molecule has 0 spiro atoms. The Morgan fingerprint density at radius 3 is 2.50 bits per heavy atom. The maximum Gasteiger partial charge on any atom is 0.191 e. The molecule has 0 saturated carbocycles. The van der Waals surface area contributed by atoms with Crippen molar-refractivity contribution in [1.29, 1.82) is 0 Å². The molecule has 2 aromatic carbocycles. The predicted molar refractivity (Wildman–Crippen MR) is 107 cm³/mol. The Morgan fingerprint density at radius 2 is 1.77 bits per heavy atom. The van der Waals surface area contributed by atoms with E-state index in [1.165, 1.54) is 11.1 Å². The standard InChI is InChI=1S/C20H22ClN3OS/c1-13-5-8-16(9-6-13)12-26-20-23-22-19(24(20)4)15(3)25-18-11-14(2)7-10-17(18)21/h5-11,15H,12H2,1-4H3. The molecule has 0 aliphatic heterocycles.